The quantitative estimate of drug-likeness (QED) is 0.848. The molecule has 0 aliphatic carbocycles. The lowest BCUT2D eigenvalue weighted by molar-refractivity contribution is 0.404. The van der Waals surface area contributed by atoms with Crippen LogP contribution in [0.2, 0.25) is 0 Å². The van der Waals surface area contributed by atoms with E-state index in [0.29, 0.717) is 0 Å². The van der Waals surface area contributed by atoms with Gasteiger partial charge in [-0.2, -0.15) is 0 Å². The summed E-state index contributed by atoms with van der Waals surface area (Å²) in [7, 11) is 0. The number of ether oxygens (including phenoxy) is 1. The normalized spacial score (nSPS) is 12.1. The molecule has 1 unspecified atom stereocenters. The first-order valence-corrected chi connectivity index (χ1v) is 5.90. The summed E-state index contributed by atoms with van der Waals surface area (Å²) in [5.74, 6) is 0.353. The molecule has 0 heterocycles. The molecular formula is C12H9O4S-. The van der Waals surface area contributed by atoms with Crippen molar-refractivity contribution in [2.75, 3.05) is 0 Å². The van der Waals surface area contributed by atoms with Gasteiger partial charge in [-0.25, -0.2) is 0 Å². The molecule has 2 aromatic carbocycles. The fourth-order valence-corrected chi connectivity index (χ4v) is 1.80. The van der Waals surface area contributed by atoms with E-state index in [9.17, 15) is 13.9 Å². The van der Waals surface area contributed by atoms with E-state index in [-0.39, 0.29) is 22.1 Å². The van der Waals surface area contributed by atoms with E-state index in [1.807, 2.05) is 0 Å². The number of hydrogen-bond donors (Lipinski definition) is 1. The average Bonchev–Trinajstić information content (AvgIpc) is 2.32. The molecule has 0 aliphatic rings. The van der Waals surface area contributed by atoms with Gasteiger partial charge in [0.25, 0.3) is 0 Å². The first kappa shape index (κ1) is 11.6. The van der Waals surface area contributed by atoms with Gasteiger partial charge < -0.3 is 14.4 Å². The summed E-state index contributed by atoms with van der Waals surface area (Å²) in [6, 6.07) is 12.6. The molecule has 1 N–H and O–H groups in total. The highest BCUT2D eigenvalue weighted by Gasteiger charge is 2.07. The van der Waals surface area contributed by atoms with Crippen LogP contribution in [0.15, 0.2) is 53.4 Å². The Morgan fingerprint density at radius 3 is 2.24 bits per heavy atom. The third kappa shape index (κ3) is 2.64. The maximum absolute atomic E-state index is 11.0. The van der Waals surface area contributed by atoms with E-state index >= 15 is 0 Å². The summed E-state index contributed by atoms with van der Waals surface area (Å²) >= 11 is -2.38. The van der Waals surface area contributed by atoms with Crippen LogP contribution in [0, 0.1) is 0 Å². The number of rotatable bonds is 3. The van der Waals surface area contributed by atoms with Gasteiger partial charge in [-0.05, 0) is 35.3 Å². The smallest absolute Gasteiger partial charge is 0.169 e. The van der Waals surface area contributed by atoms with Gasteiger partial charge in [0, 0.05) is 0 Å². The first-order chi connectivity index (χ1) is 8.18. The maximum atomic E-state index is 11.0. The molecule has 17 heavy (non-hydrogen) atoms. The number of hydrogen-bond acceptors (Lipinski definition) is 4. The zero-order valence-corrected chi connectivity index (χ0v) is 9.52. The Balaban J connectivity index is 2.37. The van der Waals surface area contributed by atoms with Crippen LogP contribution in [-0.4, -0.2) is 13.9 Å². The Hall–Kier alpha value is -1.85. The lowest BCUT2D eigenvalue weighted by Crippen LogP contribution is -1.94. The molecule has 0 aromatic heterocycles. The highest BCUT2D eigenvalue weighted by molar-refractivity contribution is 7.79. The summed E-state index contributed by atoms with van der Waals surface area (Å²) in [5.41, 5.74) is 0. The number of aromatic hydroxyl groups is 1. The third-order valence-corrected chi connectivity index (χ3v) is 2.81. The van der Waals surface area contributed by atoms with Crippen molar-refractivity contribution in [1.29, 1.82) is 0 Å². The lowest BCUT2D eigenvalue weighted by Gasteiger charge is -2.13. The zero-order chi connectivity index (χ0) is 12.3. The van der Waals surface area contributed by atoms with Crippen LogP contribution in [-0.2, 0) is 11.1 Å². The molecular weight excluding hydrogens is 240 g/mol. The van der Waals surface area contributed by atoms with Crippen molar-refractivity contribution >= 4 is 11.1 Å². The summed E-state index contributed by atoms with van der Waals surface area (Å²) < 4.78 is 27.3. The van der Waals surface area contributed by atoms with Crippen LogP contribution in [0.3, 0.4) is 0 Å². The molecule has 0 spiro atoms. The van der Waals surface area contributed by atoms with Crippen LogP contribution < -0.4 is 4.74 Å². The number of para-hydroxylation sites is 3. The predicted molar refractivity (Wildman–Crippen MR) is 61.8 cm³/mol. The molecule has 5 heteroatoms. The van der Waals surface area contributed by atoms with E-state index in [2.05, 4.69) is 0 Å². The molecule has 0 radical (unpaired) electrons. The average molecular weight is 249 g/mol. The van der Waals surface area contributed by atoms with Crippen molar-refractivity contribution in [3.63, 3.8) is 0 Å². The minimum atomic E-state index is -2.38. The fourth-order valence-electron chi connectivity index (χ4n) is 1.33. The molecule has 0 saturated carbocycles. The molecule has 0 amide bonds. The van der Waals surface area contributed by atoms with E-state index in [4.69, 9.17) is 4.74 Å². The molecule has 0 aliphatic heterocycles. The van der Waals surface area contributed by atoms with Crippen molar-refractivity contribution in [3.05, 3.63) is 48.5 Å². The van der Waals surface area contributed by atoms with Crippen LogP contribution >= 0.6 is 0 Å². The Kier molecular flexibility index (Phi) is 3.41. The summed E-state index contributed by atoms with van der Waals surface area (Å²) in [6.07, 6.45) is 0. The first-order valence-electron chi connectivity index (χ1n) is 4.82. The number of benzene rings is 2. The lowest BCUT2D eigenvalue weighted by atomic mass is 10.3. The van der Waals surface area contributed by atoms with E-state index in [0.717, 1.165) is 0 Å². The van der Waals surface area contributed by atoms with E-state index in [1.54, 1.807) is 30.3 Å². The Morgan fingerprint density at radius 2 is 1.59 bits per heavy atom. The molecule has 0 saturated heterocycles. The van der Waals surface area contributed by atoms with Crippen LogP contribution in [0.5, 0.6) is 17.2 Å². The van der Waals surface area contributed by atoms with Gasteiger partial charge >= 0.3 is 0 Å². The van der Waals surface area contributed by atoms with Crippen molar-refractivity contribution < 1.29 is 18.6 Å². The summed E-state index contributed by atoms with van der Waals surface area (Å²) in [4.78, 5) is 0.0516. The van der Waals surface area contributed by atoms with Crippen LogP contribution in [0.25, 0.3) is 0 Å². The van der Waals surface area contributed by atoms with Crippen LogP contribution in [0.4, 0.5) is 0 Å². The van der Waals surface area contributed by atoms with Gasteiger partial charge in [0.2, 0.25) is 0 Å². The molecule has 0 fully saturated rings. The van der Waals surface area contributed by atoms with Gasteiger partial charge in [-0.1, -0.05) is 24.3 Å². The second kappa shape index (κ2) is 4.99. The molecule has 2 aromatic rings. The van der Waals surface area contributed by atoms with Gasteiger partial charge in [-0.3, -0.25) is 4.21 Å². The molecule has 2 rings (SSSR count). The van der Waals surface area contributed by atoms with Crippen molar-refractivity contribution in [2.45, 2.75) is 4.90 Å². The zero-order valence-electron chi connectivity index (χ0n) is 8.70. The fraction of sp³-hybridized carbons (Fsp3) is 0. The standard InChI is InChI=1S/C12H10O4S/c13-9-5-1-2-6-10(9)16-11-7-3-4-8-12(11)17(14)15/h1-8,13H,(H,14,15)/p-1. The largest absolute Gasteiger partial charge is 0.768 e. The third-order valence-electron chi connectivity index (χ3n) is 2.11. The molecule has 4 nitrogen and oxygen atoms in total. The van der Waals surface area contributed by atoms with Crippen LogP contribution in [0.1, 0.15) is 0 Å². The predicted octanol–water partition coefficient (Wildman–Crippen LogP) is 2.42. The van der Waals surface area contributed by atoms with Crippen molar-refractivity contribution in [3.8, 4) is 17.2 Å². The number of phenolic OH excluding ortho intramolecular Hbond substituents is 1. The van der Waals surface area contributed by atoms with E-state index < -0.39 is 11.1 Å². The topological polar surface area (TPSA) is 69.6 Å². The SMILES string of the molecule is O=S([O-])c1ccccc1Oc1ccccc1O. The van der Waals surface area contributed by atoms with Gasteiger partial charge in [0.05, 0.1) is 4.90 Å². The minimum Gasteiger partial charge on any atom is -0.768 e. The van der Waals surface area contributed by atoms with Crippen molar-refractivity contribution in [1.82, 2.24) is 0 Å². The maximum Gasteiger partial charge on any atom is 0.169 e. The summed E-state index contributed by atoms with van der Waals surface area (Å²) in [5, 5.41) is 9.52. The van der Waals surface area contributed by atoms with Gasteiger partial charge in [0.1, 0.15) is 5.75 Å². The summed E-state index contributed by atoms with van der Waals surface area (Å²) in [6.45, 7) is 0. The molecule has 0 bridgehead atoms. The second-order valence-corrected chi connectivity index (χ2v) is 4.16. The van der Waals surface area contributed by atoms with E-state index in [1.165, 1.54) is 18.2 Å². The van der Waals surface area contributed by atoms with Crippen molar-refractivity contribution in [2.24, 2.45) is 0 Å². The minimum absolute atomic E-state index is 0.0426. The Morgan fingerprint density at radius 1 is 1.00 bits per heavy atom. The van der Waals surface area contributed by atoms with Gasteiger partial charge in [-0.15, -0.1) is 0 Å². The number of phenols is 1. The Labute approximate surface area is 101 Å². The van der Waals surface area contributed by atoms with Gasteiger partial charge in [0.15, 0.2) is 11.5 Å². The Bertz CT molecular complexity index is 554. The monoisotopic (exact) mass is 249 g/mol. The highest BCUT2D eigenvalue weighted by Crippen LogP contribution is 2.32. The molecule has 88 valence electrons. The second-order valence-electron chi connectivity index (χ2n) is 3.25. The highest BCUT2D eigenvalue weighted by atomic mass is 32.2. The molecule has 1 atom stereocenters.